The van der Waals surface area contributed by atoms with E-state index in [1.807, 2.05) is 13.0 Å². The standard InChI is InChI=1S/C13H18N2O3/c1-9-6-5-7-10(8-9)11(16)14-15-12(17)18-13(2,3)4/h5-8H,1-4H3,(H,14,16)(H,15,17). The molecular weight excluding hydrogens is 232 g/mol. The lowest BCUT2D eigenvalue weighted by atomic mass is 10.1. The Bertz CT molecular complexity index is 450. The van der Waals surface area contributed by atoms with Crippen LogP contribution in [-0.2, 0) is 4.74 Å². The van der Waals surface area contributed by atoms with Crippen molar-refractivity contribution >= 4 is 12.0 Å². The molecule has 1 aromatic carbocycles. The highest BCUT2D eigenvalue weighted by molar-refractivity contribution is 5.95. The van der Waals surface area contributed by atoms with Gasteiger partial charge in [-0.1, -0.05) is 17.7 Å². The minimum Gasteiger partial charge on any atom is -0.443 e. The molecule has 0 bridgehead atoms. The van der Waals surface area contributed by atoms with Crippen molar-refractivity contribution in [2.24, 2.45) is 0 Å². The third kappa shape index (κ3) is 4.86. The maximum atomic E-state index is 11.7. The molecule has 1 rings (SSSR count). The van der Waals surface area contributed by atoms with E-state index in [1.54, 1.807) is 39.0 Å². The average molecular weight is 250 g/mol. The molecule has 0 aliphatic rings. The molecule has 18 heavy (non-hydrogen) atoms. The molecule has 0 unspecified atom stereocenters. The fourth-order valence-corrected chi connectivity index (χ4v) is 1.27. The quantitative estimate of drug-likeness (QED) is 0.750. The van der Waals surface area contributed by atoms with Crippen LogP contribution in [0.1, 0.15) is 36.7 Å². The molecule has 5 heteroatoms. The zero-order valence-corrected chi connectivity index (χ0v) is 11.0. The van der Waals surface area contributed by atoms with Crippen molar-refractivity contribution in [3.05, 3.63) is 35.4 Å². The van der Waals surface area contributed by atoms with E-state index >= 15 is 0 Å². The van der Waals surface area contributed by atoms with Gasteiger partial charge in [0.15, 0.2) is 0 Å². The first kappa shape index (κ1) is 14.0. The van der Waals surface area contributed by atoms with E-state index in [1.165, 1.54) is 0 Å². The summed E-state index contributed by atoms with van der Waals surface area (Å²) < 4.78 is 4.98. The summed E-state index contributed by atoms with van der Waals surface area (Å²) in [5.74, 6) is -0.385. The predicted molar refractivity (Wildman–Crippen MR) is 68.0 cm³/mol. The maximum absolute atomic E-state index is 11.7. The SMILES string of the molecule is Cc1cccc(C(=O)NNC(=O)OC(C)(C)C)c1. The molecule has 0 saturated heterocycles. The number of ether oxygens (including phenoxy) is 1. The first-order valence-corrected chi connectivity index (χ1v) is 5.64. The minimum absolute atomic E-state index is 0.385. The summed E-state index contributed by atoms with van der Waals surface area (Å²) in [7, 11) is 0. The summed E-state index contributed by atoms with van der Waals surface area (Å²) >= 11 is 0. The van der Waals surface area contributed by atoms with Crippen LogP contribution in [0.15, 0.2) is 24.3 Å². The number of benzene rings is 1. The van der Waals surface area contributed by atoms with Gasteiger partial charge in [0.2, 0.25) is 0 Å². The lowest BCUT2D eigenvalue weighted by Gasteiger charge is -2.19. The first-order valence-electron chi connectivity index (χ1n) is 5.64. The van der Waals surface area contributed by atoms with Crippen LogP contribution in [0.25, 0.3) is 0 Å². The number of aryl methyl sites for hydroxylation is 1. The molecule has 0 spiro atoms. The number of carbonyl (C=O) groups excluding carboxylic acids is 2. The Balaban J connectivity index is 2.49. The van der Waals surface area contributed by atoms with Crippen molar-refractivity contribution in [3.8, 4) is 0 Å². The molecule has 0 aromatic heterocycles. The van der Waals surface area contributed by atoms with Crippen molar-refractivity contribution in [1.29, 1.82) is 0 Å². The molecule has 0 saturated carbocycles. The maximum Gasteiger partial charge on any atom is 0.426 e. The minimum atomic E-state index is -0.691. The van der Waals surface area contributed by atoms with E-state index < -0.39 is 11.7 Å². The van der Waals surface area contributed by atoms with Gasteiger partial charge in [0.25, 0.3) is 5.91 Å². The fraction of sp³-hybridized carbons (Fsp3) is 0.385. The van der Waals surface area contributed by atoms with Crippen molar-refractivity contribution in [3.63, 3.8) is 0 Å². The molecule has 2 amide bonds. The van der Waals surface area contributed by atoms with E-state index in [9.17, 15) is 9.59 Å². The molecule has 1 aromatic rings. The Morgan fingerprint density at radius 3 is 2.39 bits per heavy atom. The van der Waals surface area contributed by atoms with E-state index in [4.69, 9.17) is 4.74 Å². The fourth-order valence-electron chi connectivity index (χ4n) is 1.27. The predicted octanol–water partition coefficient (Wildman–Crippen LogP) is 2.16. The molecule has 0 fully saturated rings. The largest absolute Gasteiger partial charge is 0.443 e. The van der Waals surface area contributed by atoms with Gasteiger partial charge in [-0.05, 0) is 39.8 Å². The second-order valence-electron chi connectivity index (χ2n) is 4.95. The van der Waals surface area contributed by atoms with E-state index in [2.05, 4.69) is 10.9 Å². The zero-order valence-electron chi connectivity index (χ0n) is 11.0. The lowest BCUT2D eigenvalue weighted by molar-refractivity contribution is 0.0483. The highest BCUT2D eigenvalue weighted by Gasteiger charge is 2.16. The third-order valence-corrected chi connectivity index (χ3v) is 1.96. The van der Waals surface area contributed by atoms with Crippen molar-refractivity contribution in [2.45, 2.75) is 33.3 Å². The molecular formula is C13H18N2O3. The van der Waals surface area contributed by atoms with Gasteiger partial charge in [-0.2, -0.15) is 0 Å². The number of amides is 2. The Kier molecular flexibility index (Phi) is 4.31. The van der Waals surface area contributed by atoms with Gasteiger partial charge in [0.05, 0.1) is 0 Å². The third-order valence-electron chi connectivity index (χ3n) is 1.96. The summed E-state index contributed by atoms with van der Waals surface area (Å²) in [6.45, 7) is 7.12. The van der Waals surface area contributed by atoms with Gasteiger partial charge in [-0.3, -0.25) is 10.2 Å². The Morgan fingerprint density at radius 1 is 1.17 bits per heavy atom. The van der Waals surface area contributed by atoms with Gasteiger partial charge in [-0.25, -0.2) is 10.2 Å². The lowest BCUT2D eigenvalue weighted by Crippen LogP contribution is -2.44. The van der Waals surface area contributed by atoms with Crippen LogP contribution in [0, 0.1) is 6.92 Å². The highest BCUT2D eigenvalue weighted by atomic mass is 16.6. The van der Waals surface area contributed by atoms with Crippen molar-refractivity contribution in [2.75, 3.05) is 0 Å². The number of hydrogen-bond acceptors (Lipinski definition) is 3. The number of rotatable bonds is 1. The smallest absolute Gasteiger partial charge is 0.426 e. The molecule has 2 N–H and O–H groups in total. The Hall–Kier alpha value is -2.04. The molecule has 0 aliphatic carbocycles. The monoisotopic (exact) mass is 250 g/mol. The van der Waals surface area contributed by atoms with Gasteiger partial charge in [0, 0.05) is 5.56 Å². The Labute approximate surface area is 106 Å². The topological polar surface area (TPSA) is 67.4 Å². The van der Waals surface area contributed by atoms with Crippen LogP contribution in [-0.4, -0.2) is 17.6 Å². The molecule has 0 heterocycles. The molecule has 0 aliphatic heterocycles. The second kappa shape index (κ2) is 5.53. The van der Waals surface area contributed by atoms with E-state index in [0.717, 1.165) is 5.56 Å². The molecule has 0 radical (unpaired) electrons. The molecule has 5 nitrogen and oxygen atoms in total. The van der Waals surface area contributed by atoms with Crippen LogP contribution in [0.3, 0.4) is 0 Å². The van der Waals surface area contributed by atoms with Crippen LogP contribution >= 0.6 is 0 Å². The number of hydrogen-bond donors (Lipinski definition) is 2. The van der Waals surface area contributed by atoms with Crippen LogP contribution < -0.4 is 10.9 Å². The zero-order chi connectivity index (χ0) is 13.8. The summed E-state index contributed by atoms with van der Waals surface area (Å²) in [6.07, 6.45) is -0.691. The van der Waals surface area contributed by atoms with Crippen LogP contribution in [0.2, 0.25) is 0 Å². The summed E-state index contributed by atoms with van der Waals surface area (Å²) in [5, 5.41) is 0. The summed E-state index contributed by atoms with van der Waals surface area (Å²) in [6, 6.07) is 7.06. The van der Waals surface area contributed by atoms with Gasteiger partial charge in [-0.15, -0.1) is 0 Å². The van der Waals surface area contributed by atoms with Crippen LogP contribution in [0.4, 0.5) is 4.79 Å². The van der Waals surface area contributed by atoms with Crippen molar-refractivity contribution in [1.82, 2.24) is 10.9 Å². The average Bonchev–Trinajstić information content (AvgIpc) is 2.23. The number of nitrogens with one attached hydrogen (secondary N) is 2. The number of hydrazine groups is 1. The highest BCUT2D eigenvalue weighted by Crippen LogP contribution is 2.06. The summed E-state index contributed by atoms with van der Waals surface area (Å²) in [4.78, 5) is 23.0. The number of carbonyl (C=O) groups is 2. The second-order valence-corrected chi connectivity index (χ2v) is 4.95. The van der Waals surface area contributed by atoms with Crippen LogP contribution in [0.5, 0.6) is 0 Å². The normalized spacial score (nSPS) is 10.7. The van der Waals surface area contributed by atoms with Gasteiger partial charge < -0.3 is 4.74 Å². The van der Waals surface area contributed by atoms with Gasteiger partial charge in [0.1, 0.15) is 5.60 Å². The molecule has 98 valence electrons. The summed E-state index contributed by atoms with van der Waals surface area (Å²) in [5.41, 5.74) is 5.33. The van der Waals surface area contributed by atoms with Crippen molar-refractivity contribution < 1.29 is 14.3 Å². The van der Waals surface area contributed by atoms with E-state index in [-0.39, 0.29) is 5.91 Å². The van der Waals surface area contributed by atoms with Gasteiger partial charge >= 0.3 is 6.09 Å². The first-order chi connectivity index (χ1) is 8.28. The molecule has 0 atom stereocenters. The Morgan fingerprint density at radius 2 is 1.83 bits per heavy atom. The van der Waals surface area contributed by atoms with E-state index in [0.29, 0.717) is 5.56 Å².